The summed E-state index contributed by atoms with van der Waals surface area (Å²) in [6.45, 7) is 7.89. The first-order valence-corrected chi connectivity index (χ1v) is 12.2. The lowest BCUT2D eigenvalue weighted by molar-refractivity contribution is 0.0702. The van der Waals surface area contributed by atoms with Crippen LogP contribution in [0.1, 0.15) is 63.6 Å². The number of carbonyl (C=O) groups is 1. The van der Waals surface area contributed by atoms with Crippen molar-refractivity contribution in [2.45, 2.75) is 64.2 Å². The maximum absolute atomic E-state index is 13.4. The van der Waals surface area contributed by atoms with Crippen LogP contribution in [0.15, 0.2) is 65.6 Å². The van der Waals surface area contributed by atoms with Crippen LogP contribution in [0.4, 0.5) is 0 Å². The first-order chi connectivity index (χ1) is 14.8. The number of fused-ring (bicyclic) bond motifs is 3. The topological polar surface area (TPSA) is 33.2 Å². The van der Waals surface area contributed by atoms with Gasteiger partial charge in [-0.1, -0.05) is 70.7 Å². The fourth-order valence-electron chi connectivity index (χ4n) is 6.00. The third kappa shape index (κ3) is 4.43. The van der Waals surface area contributed by atoms with E-state index >= 15 is 0 Å². The van der Waals surface area contributed by atoms with Gasteiger partial charge in [0.05, 0.1) is 5.69 Å². The van der Waals surface area contributed by atoms with E-state index in [4.69, 9.17) is 4.98 Å². The third-order valence-electron chi connectivity index (χ3n) is 6.83. The van der Waals surface area contributed by atoms with E-state index in [1.165, 1.54) is 22.1 Å². The highest BCUT2D eigenvalue weighted by Gasteiger charge is 2.51. The second-order valence-electron chi connectivity index (χ2n) is 10.4. The molecule has 0 N–H and O–H groups in total. The molecule has 4 heteroatoms. The Hall–Kier alpha value is -2.33. The predicted octanol–water partition coefficient (Wildman–Crippen LogP) is 7.20. The van der Waals surface area contributed by atoms with Gasteiger partial charge in [-0.05, 0) is 59.1 Å². The van der Waals surface area contributed by atoms with Gasteiger partial charge in [-0.25, -0.2) is 4.98 Å². The van der Waals surface area contributed by atoms with Crippen LogP contribution in [0.5, 0.6) is 0 Å². The summed E-state index contributed by atoms with van der Waals surface area (Å²) in [5, 5.41) is 2.52. The molecule has 0 unspecified atom stereocenters. The number of aromatic nitrogens is 1. The average molecular weight is 447 g/mol. The van der Waals surface area contributed by atoms with E-state index < -0.39 is 0 Å². The van der Waals surface area contributed by atoms with Crippen LogP contribution in [0, 0.1) is 10.8 Å². The molecule has 2 heterocycles. The molecule has 3 nitrogen and oxygen atoms in total. The number of thioether (sulfide) groups is 1. The summed E-state index contributed by atoms with van der Waals surface area (Å²) in [4.78, 5) is 21.5. The number of likely N-dealkylation sites (tertiary alicyclic amines) is 1. The fourth-order valence-corrected chi connectivity index (χ4v) is 6.98. The lowest BCUT2D eigenvalue weighted by atomic mass is 9.65. The summed E-state index contributed by atoms with van der Waals surface area (Å²) in [7, 11) is 0. The molecule has 3 aromatic rings. The number of benzene rings is 2. The maximum Gasteiger partial charge on any atom is 0.272 e. The Bertz CT molecular complexity index is 1140. The number of hydrogen-bond donors (Lipinski definition) is 0. The molecule has 1 aromatic heterocycles. The second kappa shape index (κ2) is 8.55. The molecule has 1 amide bonds. The third-order valence-corrected chi connectivity index (χ3v) is 7.93. The van der Waals surface area contributed by atoms with Gasteiger partial charge in [0.15, 0.2) is 0 Å². The van der Waals surface area contributed by atoms with Crippen molar-refractivity contribution < 1.29 is 4.79 Å². The van der Waals surface area contributed by atoms with Gasteiger partial charge in [0, 0.05) is 23.2 Å². The number of hydrogen-bond acceptors (Lipinski definition) is 3. The van der Waals surface area contributed by atoms with Gasteiger partial charge in [-0.2, -0.15) is 0 Å². The molecule has 2 bridgehead atoms. The number of nitrogens with zero attached hydrogens (tertiary/aromatic N) is 2. The summed E-state index contributed by atoms with van der Waals surface area (Å²) < 4.78 is 0. The monoisotopic (exact) mass is 446 g/mol. The summed E-state index contributed by atoms with van der Waals surface area (Å²) in [6, 6.07) is 21.1. The standard InChI is InChI=1S/C27H30N2OS.CH4/c1-26(2)14-21-15-27(3,17-26)18-29(21)25(30)23-12-7-10-20(28-23)16-31-24-13-6-9-19-8-4-5-11-22(19)24;/h4-13,21H,14-18H2,1-3H3;1H4/t21-,27-;/m1./s1. The van der Waals surface area contributed by atoms with Crippen molar-refractivity contribution in [3.05, 3.63) is 72.1 Å². The van der Waals surface area contributed by atoms with E-state index in [2.05, 4.69) is 68.1 Å². The van der Waals surface area contributed by atoms with Gasteiger partial charge in [0.2, 0.25) is 0 Å². The Kier molecular flexibility index (Phi) is 6.10. The molecule has 1 aliphatic carbocycles. The van der Waals surface area contributed by atoms with Gasteiger partial charge < -0.3 is 4.90 Å². The van der Waals surface area contributed by atoms with Crippen LogP contribution in [0.3, 0.4) is 0 Å². The van der Waals surface area contributed by atoms with Gasteiger partial charge in [-0.15, -0.1) is 11.8 Å². The molecular formula is C28H34N2OS. The van der Waals surface area contributed by atoms with Crippen LogP contribution in [-0.4, -0.2) is 28.4 Å². The second-order valence-corrected chi connectivity index (χ2v) is 11.4. The molecule has 32 heavy (non-hydrogen) atoms. The minimum Gasteiger partial charge on any atom is -0.334 e. The minimum atomic E-state index is 0. The van der Waals surface area contributed by atoms with E-state index in [1.807, 2.05) is 18.2 Å². The Morgan fingerprint density at radius 1 is 1.03 bits per heavy atom. The van der Waals surface area contributed by atoms with Crippen molar-refractivity contribution in [2.24, 2.45) is 10.8 Å². The molecule has 5 rings (SSSR count). The molecule has 2 aliphatic rings. The number of pyridine rings is 1. The van der Waals surface area contributed by atoms with Crippen molar-refractivity contribution in [1.29, 1.82) is 0 Å². The Balaban J connectivity index is 0.00000245. The molecule has 1 saturated carbocycles. The first-order valence-electron chi connectivity index (χ1n) is 11.2. The van der Waals surface area contributed by atoms with E-state index in [-0.39, 0.29) is 18.7 Å². The zero-order valence-corrected chi connectivity index (χ0v) is 19.4. The molecule has 2 fully saturated rings. The number of amides is 1. The van der Waals surface area contributed by atoms with E-state index in [9.17, 15) is 4.79 Å². The highest BCUT2D eigenvalue weighted by atomic mass is 32.2. The molecule has 2 atom stereocenters. The SMILES string of the molecule is C.CC1(C)C[C@@H]2C[C@@](C)(CN2C(=O)c2cccc(CSc3cccc4ccccc34)n2)C1. The molecule has 1 aliphatic heterocycles. The van der Waals surface area contributed by atoms with Gasteiger partial charge in [0.25, 0.3) is 5.91 Å². The van der Waals surface area contributed by atoms with Crippen LogP contribution in [0.25, 0.3) is 10.8 Å². The smallest absolute Gasteiger partial charge is 0.272 e. The van der Waals surface area contributed by atoms with Gasteiger partial charge in [-0.3, -0.25) is 4.79 Å². The normalized spacial score (nSPS) is 23.7. The molecule has 0 radical (unpaired) electrons. The van der Waals surface area contributed by atoms with Crippen molar-refractivity contribution in [3.8, 4) is 0 Å². The Labute approximate surface area is 196 Å². The van der Waals surface area contributed by atoms with Gasteiger partial charge in [0.1, 0.15) is 5.69 Å². The summed E-state index contributed by atoms with van der Waals surface area (Å²) in [5.41, 5.74) is 2.09. The van der Waals surface area contributed by atoms with Crippen LogP contribution < -0.4 is 0 Å². The Morgan fingerprint density at radius 3 is 2.62 bits per heavy atom. The highest BCUT2D eigenvalue weighted by molar-refractivity contribution is 7.98. The minimum absolute atomic E-state index is 0. The van der Waals surface area contributed by atoms with E-state index in [0.717, 1.165) is 30.8 Å². The predicted molar refractivity (Wildman–Crippen MR) is 135 cm³/mol. The zero-order valence-electron chi connectivity index (χ0n) is 18.6. The lowest BCUT2D eigenvalue weighted by Crippen LogP contribution is -2.38. The average Bonchev–Trinajstić information content (AvgIpc) is 3.00. The van der Waals surface area contributed by atoms with Gasteiger partial charge >= 0.3 is 0 Å². The van der Waals surface area contributed by atoms with Crippen LogP contribution in [0.2, 0.25) is 0 Å². The van der Waals surface area contributed by atoms with Crippen molar-refractivity contribution in [2.75, 3.05) is 6.54 Å². The van der Waals surface area contributed by atoms with Crippen molar-refractivity contribution in [1.82, 2.24) is 9.88 Å². The first kappa shape index (κ1) is 22.8. The van der Waals surface area contributed by atoms with E-state index in [1.54, 1.807) is 11.8 Å². The summed E-state index contributed by atoms with van der Waals surface area (Å²) in [5.74, 6) is 0.854. The zero-order chi connectivity index (χ0) is 21.6. The molecule has 1 saturated heterocycles. The van der Waals surface area contributed by atoms with Crippen LogP contribution >= 0.6 is 11.8 Å². The highest BCUT2D eigenvalue weighted by Crippen LogP contribution is 2.52. The van der Waals surface area contributed by atoms with Crippen molar-refractivity contribution in [3.63, 3.8) is 0 Å². The summed E-state index contributed by atoms with van der Waals surface area (Å²) in [6.07, 6.45) is 3.40. The largest absolute Gasteiger partial charge is 0.334 e. The summed E-state index contributed by atoms with van der Waals surface area (Å²) >= 11 is 1.78. The molecule has 0 spiro atoms. The van der Waals surface area contributed by atoms with Crippen molar-refractivity contribution >= 4 is 28.4 Å². The van der Waals surface area contributed by atoms with Crippen LogP contribution in [-0.2, 0) is 5.75 Å². The quantitative estimate of drug-likeness (QED) is 0.397. The number of rotatable bonds is 4. The lowest BCUT2D eigenvalue weighted by Gasteiger charge is -2.39. The van der Waals surface area contributed by atoms with E-state index in [0.29, 0.717) is 17.2 Å². The molecular weight excluding hydrogens is 412 g/mol. The molecule has 2 aromatic carbocycles. The maximum atomic E-state index is 13.4. The molecule has 168 valence electrons. The fraction of sp³-hybridized carbons (Fsp3) is 0.429. The number of carbonyl (C=O) groups excluding carboxylic acids is 1. The Morgan fingerprint density at radius 2 is 1.78 bits per heavy atom.